The lowest BCUT2D eigenvalue weighted by Gasteiger charge is -2.34. The Bertz CT molecular complexity index is 4860. The van der Waals surface area contributed by atoms with Crippen LogP contribution in [0.25, 0.3) is 0 Å². The summed E-state index contributed by atoms with van der Waals surface area (Å²) >= 11 is 0. The van der Waals surface area contributed by atoms with Gasteiger partial charge >= 0.3 is 0 Å². The highest BCUT2D eigenvalue weighted by Crippen LogP contribution is 2.40. The highest BCUT2D eigenvalue weighted by Gasteiger charge is 2.40. The molecule has 30 nitrogen and oxygen atoms in total. The van der Waals surface area contributed by atoms with Crippen LogP contribution in [0.15, 0.2) is 122 Å². The lowest BCUT2D eigenvalue weighted by molar-refractivity contribution is -0.118. The number of benzene rings is 4. The maximum Gasteiger partial charge on any atom is 0.251 e. The fraction of sp³-hybridized carbons (Fsp3) is 0.505. The Morgan fingerprint density at radius 1 is 0.388 bits per heavy atom. The Morgan fingerprint density at radius 2 is 0.702 bits per heavy atom. The highest BCUT2D eigenvalue weighted by atomic mass is 16.5. The zero-order valence-corrected chi connectivity index (χ0v) is 71.0. The zero-order chi connectivity index (χ0) is 83.3. The number of nitrogens with zero attached hydrogens (tertiary/aromatic N) is 19. The van der Waals surface area contributed by atoms with Gasteiger partial charge in [0.1, 0.15) is 23.3 Å². The summed E-state index contributed by atoms with van der Waals surface area (Å²) in [5, 5.41) is 16.1. The molecule has 4 aromatic heterocycles. The van der Waals surface area contributed by atoms with E-state index in [-0.39, 0.29) is 41.6 Å². The van der Waals surface area contributed by atoms with E-state index in [2.05, 4.69) is 181 Å². The van der Waals surface area contributed by atoms with Crippen LogP contribution >= 0.6 is 0 Å². The Kier molecular flexibility index (Phi) is 27.1. The summed E-state index contributed by atoms with van der Waals surface area (Å²) in [6.45, 7) is 21.9. The predicted molar refractivity (Wildman–Crippen MR) is 476 cm³/mol. The number of piperazine rings is 3. The normalized spacial score (nSPS) is 19.3. The van der Waals surface area contributed by atoms with Gasteiger partial charge in [0.05, 0.1) is 38.9 Å². The first kappa shape index (κ1) is 83.6. The summed E-state index contributed by atoms with van der Waals surface area (Å²) < 4.78 is 5.42. The van der Waals surface area contributed by atoms with Gasteiger partial charge in [-0.25, -0.2) is 19.9 Å². The number of fused-ring (bicyclic) bond motifs is 4. The Labute approximate surface area is 710 Å². The van der Waals surface area contributed by atoms with Gasteiger partial charge in [-0.3, -0.25) is 48.5 Å². The molecule has 4 saturated heterocycles. The fourth-order valence-corrected chi connectivity index (χ4v) is 18.4. The van der Waals surface area contributed by atoms with E-state index in [4.69, 9.17) is 19.7 Å². The SMILES string of the molecule is CCC(CC)N1C(=O)Cc2cnc(Nc3ccc(C(=O)NCCN4CCN(C)CC4)cc3)nc21.CN1CCN(c2ccc(Nc3ncc4c(n3)N(C3CCCC3)C(=O)C4)cc2)CC1.CN1CCN(c2ccc(Nc3ncc4c(n3)N(C3CCCCC3)C(=O)C4)cc2)CC1.O=C1Cc2cnc(Nc3ccc(N4CCOCC4)cc3)nc2N1C1CCCC1. The molecule has 0 spiro atoms. The molecular formula is C91H118N24O6. The second-order valence-corrected chi connectivity index (χ2v) is 33.9. The van der Waals surface area contributed by atoms with Crippen LogP contribution in [0.4, 0.5) is 86.9 Å². The molecule has 121 heavy (non-hydrogen) atoms. The Morgan fingerprint density at radius 3 is 1.07 bits per heavy atom. The molecule has 30 heteroatoms. The predicted octanol–water partition coefficient (Wildman–Crippen LogP) is 11.2. The van der Waals surface area contributed by atoms with Crippen LogP contribution < -0.4 is 60.9 Å². The summed E-state index contributed by atoms with van der Waals surface area (Å²) in [5.41, 5.74) is 11.6. The number of hydrogen-bond acceptors (Lipinski definition) is 25. The number of nitrogens with one attached hydrogen (secondary N) is 5. The van der Waals surface area contributed by atoms with Gasteiger partial charge in [0.15, 0.2) is 0 Å². The van der Waals surface area contributed by atoms with Gasteiger partial charge in [-0.1, -0.05) is 58.8 Å². The molecule has 12 heterocycles. The van der Waals surface area contributed by atoms with Crippen molar-refractivity contribution in [1.29, 1.82) is 0 Å². The maximum atomic E-state index is 12.6. The second-order valence-electron chi connectivity index (χ2n) is 33.9. The van der Waals surface area contributed by atoms with Crippen molar-refractivity contribution in [2.24, 2.45) is 0 Å². The minimum Gasteiger partial charge on any atom is -0.378 e. The number of aromatic nitrogens is 8. The van der Waals surface area contributed by atoms with Crippen LogP contribution in [-0.4, -0.2) is 252 Å². The van der Waals surface area contributed by atoms with E-state index < -0.39 is 0 Å². The molecule has 7 fully saturated rings. The second kappa shape index (κ2) is 39.2. The number of rotatable bonds is 21. The van der Waals surface area contributed by atoms with E-state index in [0.717, 1.165) is 225 Å². The topological polar surface area (TPSA) is 293 Å². The van der Waals surface area contributed by atoms with Crippen molar-refractivity contribution >= 4 is 116 Å². The summed E-state index contributed by atoms with van der Waals surface area (Å²) in [4.78, 5) is 123. The number of likely N-dealkylation sites (N-methyl/N-ethyl adjacent to an activating group) is 3. The molecule has 0 atom stereocenters. The monoisotopic (exact) mass is 1640 g/mol. The number of amides is 5. The fourth-order valence-electron chi connectivity index (χ4n) is 18.4. The number of hydrogen-bond donors (Lipinski definition) is 5. The van der Waals surface area contributed by atoms with E-state index in [1.54, 1.807) is 30.7 Å². The molecule has 3 aliphatic carbocycles. The third kappa shape index (κ3) is 20.4. The third-order valence-electron chi connectivity index (χ3n) is 25.5. The molecule has 5 N–H and O–H groups in total. The Balaban J connectivity index is 0.000000120. The van der Waals surface area contributed by atoms with Gasteiger partial charge in [-0.15, -0.1) is 0 Å². The van der Waals surface area contributed by atoms with Crippen molar-refractivity contribution < 1.29 is 28.7 Å². The lowest BCUT2D eigenvalue weighted by Crippen LogP contribution is -2.46. The number of anilines is 15. The summed E-state index contributed by atoms with van der Waals surface area (Å²) in [6, 6.07) is 33.5. The minimum atomic E-state index is -0.0752. The first-order valence-corrected chi connectivity index (χ1v) is 44.2. The van der Waals surface area contributed by atoms with Crippen molar-refractivity contribution in [2.75, 3.05) is 195 Å². The van der Waals surface area contributed by atoms with E-state index in [0.29, 0.717) is 79.5 Å². The molecule has 0 radical (unpaired) electrons. The summed E-state index contributed by atoms with van der Waals surface area (Å²) in [6.07, 6.45) is 25.4. The summed E-state index contributed by atoms with van der Waals surface area (Å²) in [7, 11) is 6.48. The van der Waals surface area contributed by atoms with Gasteiger partial charge < -0.3 is 60.7 Å². The third-order valence-corrected chi connectivity index (χ3v) is 25.5. The van der Waals surface area contributed by atoms with E-state index in [1.807, 2.05) is 50.1 Å². The minimum absolute atomic E-state index is 0.0752. The van der Waals surface area contributed by atoms with Crippen LogP contribution in [-0.2, 0) is 49.6 Å². The average Bonchev–Trinajstić information content (AvgIpc) is 1.58. The number of carbonyl (C=O) groups excluding carboxylic acids is 5. The van der Waals surface area contributed by atoms with Crippen LogP contribution in [0.3, 0.4) is 0 Å². The van der Waals surface area contributed by atoms with Crippen LogP contribution in [0.1, 0.15) is 143 Å². The quantitative estimate of drug-likeness (QED) is 0.0447. The molecule has 8 aliphatic heterocycles. The van der Waals surface area contributed by atoms with E-state index in [9.17, 15) is 24.0 Å². The first-order valence-electron chi connectivity index (χ1n) is 44.2. The van der Waals surface area contributed by atoms with Crippen LogP contribution in [0.2, 0.25) is 0 Å². The standard InChI is InChI=1S/C25H35N7O2.C23H30N6O.C22H28N6O.C21H25N5O2/c1-4-21(5-2)32-22(33)16-19-17-27-25(29-23(19)32)28-20-8-6-18(7-9-20)24(34)26-10-11-31-14-12-30(3)13-15-31;1-27-11-13-28(14-12-27)19-9-7-18(8-10-19)25-23-24-16-17-15-21(30)29(22(17)26-23)20-5-3-2-4-6-20;1-26-10-12-27(13-11-26)18-8-6-17(7-9-18)24-22-23-15-16-14-20(29)28(21(16)25-22)19-4-2-3-5-19;27-19-13-15-14-22-21(24-20(15)26(19)18-3-1-2-4-18)23-16-5-7-17(8-6-16)25-9-11-28-12-10-25/h6-9,17,21H,4-5,10-16H2,1-3H3,(H,26,34)(H,27,28,29);7-10,16,20H,2-6,11-15H2,1H3,(H,24,25,26);6-9,15,19H,2-5,10-14H2,1H3,(H,23,24,25);5-8,14,18H,1-4,9-13H2,(H,22,23,24). The molecule has 8 aromatic rings. The number of ether oxygens (including phenoxy) is 1. The number of morpholine rings is 1. The van der Waals surface area contributed by atoms with Gasteiger partial charge in [-0.2, -0.15) is 19.9 Å². The molecule has 0 unspecified atom stereocenters. The van der Waals surface area contributed by atoms with Gasteiger partial charge in [0, 0.05) is 221 Å². The summed E-state index contributed by atoms with van der Waals surface area (Å²) in [5.74, 6) is 5.67. The van der Waals surface area contributed by atoms with Crippen LogP contribution in [0.5, 0.6) is 0 Å². The largest absolute Gasteiger partial charge is 0.378 e. The van der Waals surface area contributed by atoms with Gasteiger partial charge in [-0.05, 0) is 170 Å². The van der Waals surface area contributed by atoms with Gasteiger partial charge in [0.25, 0.3) is 5.91 Å². The Hall–Kier alpha value is -11.1. The molecule has 11 aliphatic rings. The van der Waals surface area contributed by atoms with Crippen molar-refractivity contribution in [3.8, 4) is 0 Å². The lowest BCUT2D eigenvalue weighted by atomic mass is 9.94. The maximum absolute atomic E-state index is 12.6. The van der Waals surface area contributed by atoms with Crippen molar-refractivity contribution in [3.63, 3.8) is 0 Å². The van der Waals surface area contributed by atoms with Crippen molar-refractivity contribution in [2.45, 2.75) is 160 Å². The molecule has 19 rings (SSSR count). The molecule has 4 aromatic carbocycles. The highest BCUT2D eigenvalue weighted by molar-refractivity contribution is 6.03. The smallest absolute Gasteiger partial charge is 0.251 e. The van der Waals surface area contributed by atoms with Gasteiger partial charge in [0.2, 0.25) is 47.4 Å². The average molecular weight is 1640 g/mol. The molecule has 638 valence electrons. The molecule has 3 saturated carbocycles. The first-order chi connectivity index (χ1) is 59.1. The van der Waals surface area contributed by atoms with Crippen molar-refractivity contribution in [1.82, 2.24) is 64.8 Å². The zero-order valence-electron chi connectivity index (χ0n) is 71.0. The molecular weight excluding hydrogens is 1530 g/mol. The van der Waals surface area contributed by atoms with Crippen molar-refractivity contribution in [3.05, 3.63) is 150 Å². The molecule has 5 amide bonds. The van der Waals surface area contributed by atoms with E-state index >= 15 is 0 Å². The number of carbonyl (C=O) groups is 5. The molecule has 0 bridgehead atoms. The van der Waals surface area contributed by atoms with Crippen LogP contribution in [0, 0.1) is 0 Å². The van der Waals surface area contributed by atoms with E-state index in [1.165, 1.54) is 62.0 Å².